The van der Waals surface area contributed by atoms with Crippen molar-refractivity contribution in [1.29, 1.82) is 5.26 Å². The fourth-order valence-corrected chi connectivity index (χ4v) is 3.90. The molecule has 3 aromatic rings. The Kier molecular flexibility index (Phi) is 7.92. The van der Waals surface area contributed by atoms with E-state index in [9.17, 15) is 14.4 Å². The largest absolute Gasteiger partial charge is 0.496 e. The molecule has 0 atom stereocenters. The zero-order valence-corrected chi connectivity index (χ0v) is 19.9. The van der Waals surface area contributed by atoms with Gasteiger partial charge in [-0.3, -0.25) is 4.79 Å². The van der Waals surface area contributed by atoms with Crippen molar-refractivity contribution < 1.29 is 13.9 Å². The number of nitrogens with one attached hydrogen (secondary N) is 1. The van der Waals surface area contributed by atoms with E-state index >= 15 is 0 Å². The number of methoxy groups -OCH3 is 1. The monoisotopic (exact) mass is 532 g/mol. The Labute approximate surface area is 203 Å². The van der Waals surface area contributed by atoms with E-state index in [1.165, 1.54) is 31.4 Å². The maximum Gasteiger partial charge on any atom is 0.266 e. The van der Waals surface area contributed by atoms with Gasteiger partial charge in [-0.15, -0.1) is 0 Å². The van der Waals surface area contributed by atoms with Crippen molar-refractivity contribution in [1.82, 2.24) is 0 Å². The normalized spacial score (nSPS) is 11.1. The van der Waals surface area contributed by atoms with Crippen LogP contribution in [0.15, 0.2) is 64.6 Å². The maximum atomic E-state index is 13.5. The third-order valence-electron chi connectivity index (χ3n) is 4.52. The topological polar surface area (TPSA) is 62.1 Å². The molecule has 0 aliphatic carbocycles. The first-order valence-electron chi connectivity index (χ1n) is 9.29. The minimum absolute atomic E-state index is 0.108. The van der Waals surface area contributed by atoms with Crippen molar-refractivity contribution in [2.24, 2.45) is 0 Å². The van der Waals surface area contributed by atoms with Crippen LogP contribution >= 0.6 is 39.1 Å². The molecule has 0 aromatic heterocycles. The van der Waals surface area contributed by atoms with Crippen molar-refractivity contribution in [3.8, 4) is 11.8 Å². The SMILES string of the molecule is COc1cc(/C=C(\C#N)C(=O)Nc2ccc(Cl)c(Cl)c2)cc(Br)c1Cc1cccc(F)c1. The second-order valence-corrected chi connectivity index (χ2v) is 8.41. The molecule has 3 rings (SSSR count). The molecule has 1 amide bonds. The van der Waals surface area contributed by atoms with Crippen LogP contribution in [-0.4, -0.2) is 13.0 Å². The van der Waals surface area contributed by atoms with E-state index in [1.807, 2.05) is 12.1 Å². The van der Waals surface area contributed by atoms with Crippen molar-refractivity contribution >= 4 is 56.8 Å². The molecule has 162 valence electrons. The van der Waals surface area contributed by atoms with Crippen LogP contribution in [0, 0.1) is 17.1 Å². The summed E-state index contributed by atoms with van der Waals surface area (Å²) in [6, 6.07) is 16.3. The van der Waals surface area contributed by atoms with Crippen LogP contribution in [0.25, 0.3) is 6.08 Å². The molecule has 32 heavy (non-hydrogen) atoms. The number of nitrogens with zero attached hydrogens (tertiary/aromatic N) is 1. The molecule has 0 aliphatic heterocycles. The molecule has 0 saturated carbocycles. The molecule has 1 N–H and O–H groups in total. The molecule has 0 spiro atoms. The Morgan fingerprint density at radius 2 is 1.97 bits per heavy atom. The number of carbonyl (C=O) groups is 1. The number of rotatable bonds is 6. The van der Waals surface area contributed by atoms with E-state index in [-0.39, 0.29) is 16.4 Å². The van der Waals surface area contributed by atoms with Crippen LogP contribution < -0.4 is 10.1 Å². The van der Waals surface area contributed by atoms with Crippen LogP contribution in [0.3, 0.4) is 0 Å². The zero-order chi connectivity index (χ0) is 23.3. The number of carbonyl (C=O) groups excluding carboxylic acids is 1. The number of hydrogen-bond donors (Lipinski definition) is 1. The molecular formula is C24H16BrCl2FN2O2. The molecule has 0 aliphatic rings. The Bertz CT molecular complexity index is 1260. The van der Waals surface area contributed by atoms with E-state index in [2.05, 4.69) is 21.2 Å². The fraction of sp³-hybridized carbons (Fsp3) is 0.0833. The molecule has 0 fully saturated rings. The number of halogens is 4. The second kappa shape index (κ2) is 10.6. The van der Waals surface area contributed by atoms with Crippen molar-refractivity contribution in [3.05, 3.63) is 97.2 Å². The number of nitriles is 1. The smallest absolute Gasteiger partial charge is 0.266 e. The minimum atomic E-state index is -0.593. The number of ether oxygens (including phenoxy) is 1. The summed E-state index contributed by atoms with van der Waals surface area (Å²) in [5, 5.41) is 12.8. The number of hydrogen-bond acceptors (Lipinski definition) is 3. The Morgan fingerprint density at radius 1 is 1.19 bits per heavy atom. The third-order valence-corrected chi connectivity index (χ3v) is 5.97. The van der Waals surface area contributed by atoms with Gasteiger partial charge in [0, 0.05) is 22.1 Å². The zero-order valence-electron chi connectivity index (χ0n) is 16.8. The number of amides is 1. The highest BCUT2D eigenvalue weighted by Crippen LogP contribution is 2.32. The van der Waals surface area contributed by atoms with Gasteiger partial charge in [0.15, 0.2) is 0 Å². The molecule has 3 aromatic carbocycles. The van der Waals surface area contributed by atoms with Crippen LogP contribution in [0.1, 0.15) is 16.7 Å². The lowest BCUT2D eigenvalue weighted by atomic mass is 10.0. The molecule has 0 radical (unpaired) electrons. The first kappa shape index (κ1) is 23.8. The summed E-state index contributed by atoms with van der Waals surface area (Å²) < 4.78 is 19.7. The van der Waals surface area contributed by atoms with Gasteiger partial charge in [0.1, 0.15) is 23.2 Å². The standard InChI is InChI=1S/C24H16BrCl2FN2O2/c1-32-23-11-15(10-20(25)19(23)9-14-3-2-4-17(28)8-14)7-16(13-29)24(31)30-18-5-6-21(26)22(27)12-18/h2-8,10-12H,9H2,1H3,(H,30,31)/b16-7+. The predicted molar refractivity (Wildman–Crippen MR) is 129 cm³/mol. The first-order valence-corrected chi connectivity index (χ1v) is 10.8. The van der Waals surface area contributed by atoms with E-state index in [1.54, 1.807) is 30.3 Å². The summed E-state index contributed by atoms with van der Waals surface area (Å²) in [6.07, 6.45) is 1.89. The van der Waals surface area contributed by atoms with Gasteiger partial charge in [0.05, 0.1) is 17.2 Å². The third kappa shape index (κ3) is 5.89. The summed E-state index contributed by atoms with van der Waals surface area (Å²) in [6.45, 7) is 0. The molecule has 0 bridgehead atoms. The van der Waals surface area contributed by atoms with E-state index in [0.717, 1.165) is 11.1 Å². The number of anilines is 1. The molecule has 0 heterocycles. The summed E-state index contributed by atoms with van der Waals surface area (Å²) in [4.78, 5) is 12.6. The molecule has 0 unspecified atom stereocenters. The van der Waals surface area contributed by atoms with E-state index < -0.39 is 5.91 Å². The highest BCUT2D eigenvalue weighted by Gasteiger charge is 2.14. The minimum Gasteiger partial charge on any atom is -0.496 e. The fourth-order valence-electron chi connectivity index (χ4n) is 3.01. The number of benzene rings is 3. The van der Waals surface area contributed by atoms with Crippen molar-refractivity contribution in [3.63, 3.8) is 0 Å². The van der Waals surface area contributed by atoms with Gasteiger partial charge in [-0.05, 0) is 59.7 Å². The molecular weight excluding hydrogens is 518 g/mol. The van der Waals surface area contributed by atoms with Gasteiger partial charge >= 0.3 is 0 Å². The van der Waals surface area contributed by atoms with E-state index in [0.29, 0.717) is 32.9 Å². The Morgan fingerprint density at radius 3 is 2.62 bits per heavy atom. The average Bonchev–Trinajstić information content (AvgIpc) is 2.76. The van der Waals surface area contributed by atoms with Crippen molar-refractivity contribution in [2.75, 3.05) is 12.4 Å². The van der Waals surface area contributed by atoms with Gasteiger partial charge in [-0.2, -0.15) is 5.26 Å². The Hall–Kier alpha value is -2.85. The van der Waals surface area contributed by atoms with Crippen LogP contribution in [-0.2, 0) is 11.2 Å². The molecule has 0 saturated heterocycles. The van der Waals surface area contributed by atoms with E-state index in [4.69, 9.17) is 27.9 Å². The summed E-state index contributed by atoms with van der Waals surface area (Å²) in [5.74, 6) is -0.370. The predicted octanol–water partition coefficient (Wildman–Crippen LogP) is 7.04. The van der Waals surface area contributed by atoms with Gasteiger partial charge in [0.2, 0.25) is 0 Å². The summed E-state index contributed by atoms with van der Waals surface area (Å²) >= 11 is 15.4. The maximum absolute atomic E-state index is 13.5. The summed E-state index contributed by atoms with van der Waals surface area (Å²) in [5.41, 5.74) is 2.48. The first-order chi connectivity index (χ1) is 15.3. The van der Waals surface area contributed by atoms with Gasteiger partial charge in [0.25, 0.3) is 5.91 Å². The quantitative estimate of drug-likeness (QED) is 0.273. The lowest BCUT2D eigenvalue weighted by Gasteiger charge is -2.13. The highest BCUT2D eigenvalue weighted by molar-refractivity contribution is 9.10. The lowest BCUT2D eigenvalue weighted by Crippen LogP contribution is -2.13. The molecule has 4 nitrogen and oxygen atoms in total. The Balaban J connectivity index is 1.88. The van der Waals surface area contributed by atoms with Gasteiger partial charge in [-0.1, -0.05) is 51.3 Å². The summed E-state index contributed by atoms with van der Waals surface area (Å²) in [7, 11) is 1.52. The highest BCUT2D eigenvalue weighted by atomic mass is 79.9. The van der Waals surface area contributed by atoms with Crippen LogP contribution in [0.2, 0.25) is 10.0 Å². The molecule has 8 heteroatoms. The van der Waals surface area contributed by atoms with Crippen LogP contribution in [0.5, 0.6) is 5.75 Å². The van der Waals surface area contributed by atoms with Gasteiger partial charge in [-0.25, -0.2) is 4.39 Å². The van der Waals surface area contributed by atoms with Crippen LogP contribution in [0.4, 0.5) is 10.1 Å². The van der Waals surface area contributed by atoms with Gasteiger partial charge < -0.3 is 10.1 Å². The average molecular weight is 534 g/mol. The second-order valence-electron chi connectivity index (χ2n) is 6.74. The van der Waals surface area contributed by atoms with Crippen molar-refractivity contribution in [2.45, 2.75) is 6.42 Å². The lowest BCUT2D eigenvalue weighted by molar-refractivity contribution is -0.112.